The van der Waals surface area contributed by atoms with Crippen LogP contribution in [0.1, 0.15) is 23.0 Å². The molecule has 1 amide bonds. The number of halogens is 2. The van der Waals surface area contributed by atoms with Gasteiger partial charge in [-0.1, -0.05) is 27.5 Å². The monoisotopic (exact) mass is 449 g/mol. The van der Waals surface area contributed by atoms with Gasteiger partial charge in [0.1, 0.15) is 5.58 Å². The standard InChI is InChI=1S/C19H13BrClNO5/c1-2-26-19(25)18(24)22-15-13-9-11(20)5-8-14(13)27-17(15)16(23)10-3-6-12(21)7-4-10/h3-9H,2H2,1H3,(H,22,24). The Morgan fingerprint density at radius 2 is 1.85 bits per heavy atom. The summed E-state index contributed by atoms with van der Waals surface area (Å²) in [4.78, 5) is 36.7. The third-order valence-electron chi connectivity index (χ3n) is 3.66. The topological polar surface area (TPSA) is 85.6 Å². The second-order valence-corrected chi connectivity index (χ2v) is 6.81. The van der Waals surface area contributed by atoms with E-state index in [9.17, 15) is 14.4 Å². The summed E-state index contributed by atoms with van der Waals surface area (Å²) < 4.78 is 11.1. The first-order chi connectivity index (χ1) is 12.9. The lowest BCUT2D eigenvalue weighted by Crippen LogP contribution is -2.25. The van der Waals surface area contributed by atoms with Crippen LogP contribution in [0.3, 0.4) is 0 Å². The Hall–Kier alpha value is -2.64. The fraction of sp³-hybridized carbons (Fsp3) is 0.105. The molecule has 0 atom stereocenters. The van der Waals surface area contributed by atoms with Crippen molar-refractivity contribution in [1.82, 2.24) is 0 Å². The lowest BCUT2D eigenvalue weighted by Gasteiger charge is -2.06. The molecule has 0 aliphatic carbocycles. The number of ether oxygens (including phenoxy) is 1. The highest BCUT2D eigenvalue weighted by atomic mass is 79.9. The summed E-state index contributed by atoms with van der Waals surface area (Å²) in [6, 6.07) is 11.3. The van der Waals surface area contributed by atoms with Gasteiger partial charge in [-0.3, -0.25) is 9.59 Å². The molecule has 0 saturated carbocycles. The Bertz CT molecular complexity index is 1040. The highest BCUT2D eigenvalue weighted by Gasteiger charge is 2.26. The Morgan fingerprint density at radius 1 is 1.15 bits per heavy atom. The van der Waals surface area contributed by atoms with Crippen molar-refractivity contribution >= 4 is 61.8 Å². The maximum Gasteiger partial charge on any atom is 0.397 e. The van der Waals surface area contributed by atoms with Gasteiger partial charge in [-0.15, -0.1) is 0 Å². The highest BCUT2D eigenvalue weighted by Crippen LogP contribution is 2.34. The summed E-state index contributed by atoms with van der Waals surface area (Å²) in [5.74, 6) is -2.60. The zero-order valence-electron chi connectivity index (χ0n) is 14.0. The van der Waals surface area contributed by atoms with Gasteiger partial charge in [-0.05, 0) is 49.4 Å². The summed E-state index contributed by atoms with van der Waals surface area (Å²) >= 11 is 9.20. The molecule has 0 saturated heterocycles. The quantitative estimate of drug-likeness (QED) is 0.357. The van der Waals surface area contributed by atoms with Crippen molar-refractivity contribution in [3.8, 4) is 0 Å². The minimum absolute atomic E-state index is 0.0561. The number of amides is 1. The first kappa shape index (κ1) is 19.1. The largest absolute Gasteiger partial charge is 0.459 e. The van der Waals surface area contributed by atoms with Crippen LogP contribution < -0.4 is 5.32 Å². The van der Waals surface area contributed by atoms with E-state index in [0.717, 1.165) is 0 Å². The SMILES string of the molecule is CCOC(=O)C(=O)Nc1c(C(=O)c2ccc(Cl)cc2)oc2ccc(Br)cc12. The molecule has 0 aliphatic rings. The molecule has 0 unspecified atom stereocenters. The van der Waals surface area contributed by atoms with Gasteiger partial charge in [0, 0.05) is 20.4 Å². The molecule has 6 nitrogen and oxygen atoms in total. The smallest absolute Gasteiger partial charge is 0.397 e. The minimum atomic E-state index is -1.05. The van der Waals surface area contributed by atoms with Crippen LogP contribution in [0, 0.1) is 0 Å². The maximum atomic E-state index is 12.9. The van der Waals surface area contributed by atoms with Crippen LogP contribution in [0.25, 0.3) is 11.0 Å². The lowest BCUT2D eigenvalue weighted by atomic mass is 10.1. The molecule has 2 aromatic carbocycles. The summed E-state index contributed by atoms with van der Waals surface area (Å²) in [5.41, 5.74) is 0.808. The summed E-state index contributed by atoms with van der Waals surface area (Å²) in [6.45, 7) is 1.64. The molecule has 1 aromatic heterocycles. The Kier molecular flexibility index (Phi) is 5.62. The van der Waals surface area contributed by atoms with Crippen LogP contribution in [-0.4, -0.2) is 24.3 Å². The predicted molar refractivity (Wildman–Crippen MR) is 104 cm³/mol. The van der Waals surface area contributed by atoms with Gasteiger partial charge in [0.2, 0.25) is 5.78 Å². The third kappa shape index (κ3) is 4.04. The number of fused-ring (bicyclic) bond motifs is 1. The van der Waals surface area contributed by atoms with Gasteiger partial charge >= 0.3 is 11.9 Å². The molecule has 3 rings (SSSR count). The molecule has 3 aromatic rings. The fourth-order valence-electron chi connectivity index (χ4n) is 2.45. The van der Waals surface area contributed by atoms with E-state index in [-0.39, 0.29) is 18.1 Å². The van der Waals surface area contributed by atoms with Gasteiger partial charge < -0.3 is 14.5 Å². The second kappa shape index (κ2) is 7.94. The minimum Gasteiger partial charge on any atom is -0.459 e. The first-order valence-corrected chi connectivity index (χ1v) is 9.08. The van der Waals surface area contributed by atoms with E-state index >= 15 is 0 Å². The summed E-state index contributed by atoms with van der Waals surface area (Å²) in [5, 5.41) is 3.39. The summed E-state index contributed by atoms with van der Waals surface area (Å²) in [7, 11) is 0. The molecule has 0 aliphatic heterocycles. The molecule has 0 fully saturated rings. The average Bonchev–Trinajstić information content (AvgIpc) is 2.99. The van der Waals surface area contributed by atoms with E-state index in [1.807, 2.05) is 0 Å². The van der Waals surface area contributed by atoms with E-state index < -0.39 is 17.7 Å². The molecule has 0 spiro atoms. The number of benzene rings is 2. The van der Waals surface area contributed by atoms with Crippen molar-refractivity contribution in [1.29, 1.82) is 0 Å². The van der Waals surface area contributed by atoms with Crippen molar-refractivity contribution in [2.45, 2.75) is 6.92 Å². The third-order valence-corrected chi connectivity index (χ3v) is 4.41. The Balaban J connectivity index is 2.08. The van der Waals surface area contributed by atoms with Crippen LogP contribution in [0.15, 0.2) is 51.4 Å². The number of carbonyl (C=O) groups is 3. The van der Waals surface area contributed by atoms with Crippen LogP contribution in [0.5, 0.6) is 0 Å². The van der Waals surface area contributed by atoms with Crippen LogP contribution in [-0.2, 0) is 14.3 Å². The zero-order chi connectivity index (χ0) is 19.6. The van der Waals surface area contributed by atoms with E-state index in [0.29, 0.717) is 26.0 Å². The van der Waals surface area contributed by atoms with Crippen LogP contribution in [0.2, 0.25) is 5.02 Å². The number of hydrogen-bond acceptors (Lipinski definition) is 5. The normalized spacial score (nSPS) is 10.6. The average molecular weight is 451 g/mol. The molecular weight excluding hydrogens is 438 g/mol. The van der Waals surface area contributed by atoms with E-state index in [4.69, 9.17) is 20.8 Å². The molecule has 8 heteroatoms. The molecular formula is C19H13BrClNO5. The number of nitrogens with one attached hydrogen (secondary N) is 1. The van der Waals surface area contributed by atoms with Gasteiger partial charge in [0.15, 0.2) is 5.76 Å². The summed E-state index contributed by atoms with van der Waals surface area (Å²) in [6.07, 6.45) is 0. The number of hydrogen-bond donors (Lipinski definition) is 1. The number of anilines is 1. The highest BCUT2D eigenvalue weighted by molar-refractivity contribution is 9.10. The molecule has 1 heterocycles. The Morgan fingerprint density at radius 3 is 2.52 bits per heavy atom. The van der Waals surface area contributed by atoms with E-state index in [1.54, 1.807) is 49.4 Å². The lowest BCUT2D eigenvalue weighted by molar-refractivity contribution is -0.152. The van der Waals surface area contributed by atoms with Crippen molar-refractivity contribution in [2.75, 3.05) is 11.9 Å². The molecule has 1 N–H and O–H groups in total. The number of esters is 1. The second-order valence-electron chi connectivity index (χ2n) is 5.46. The Labute approximate surface area is 167 Å². The number of rotatable bonds is 4. The van der Waals surface area contributed by atoms with Gasteiger partial charge in [0.05, 0.1) is 12.3 Å². The van der Waals surface area contributed by atoms with Crippen molar-refractivity contribution in [3.63, 3.8) is 0 Å². The molecule has 0 bridgehead atoms. The fourth-order valence-corrected chi connectivity index (χ4v) is 2.93. The predicted octanol–water partition coefficient (Wildman–Crippen LogP) is 4.58. The number of ketones is 1. The maximum absolute atomic E-state index is 12.9. The molecule has 138 valence electrons. The van der Waals surface area contributed by atoms with E-state index in [2.05, 4.69) is 21.2 Å². The van der Waals surface area contributed by atoms with Crippen LogP contribution in [0.4, 0.5) is 5.69 Å². The van der Waals surface area contributed by atoms with Gasteiger partial charge in [0.25, 0.3) is 0 Å². The van der Waals surface area contributed by atoms with Gasteiger partial charge in [-0.25, -0.2) is 4.79 Å². The number of carbonyl (C=O) groups excluding carboxylic acids is 3. The number of furan rings is 1. The van der Waals surface area contributed by atoms with Crippen molar-refractivity contribution in [2.24, 2.45) is 0 Å². The van der Waals surface area contributed by atoms with E-state index in [1.165, 1.54) is 0 Å². The van der Waals surface area contributed by atoms with Crippen molar-refractivity contribution < 1.29 is 23.5 Å². The van der Waals surface area contributed by atoms with Gasteiger partial charge in [-0.2, -0.15) is 0 Å². The zero-order valence-corrected chi connectivity index (χ0v) is 16.4. The first-order valence-electron chi connectivity index (χ1n) is 7.91. The molecule has 0 radical (unpaired) electrons. The molecule has 27 heavy (non-hydrogen) atoms. The van der Waals surface area contributed by atoms with Crippen LogP contribution >= 0.6 is 27.5 Å². The van der Waals surface area contributed by atoms with Crippen molar-refractivity contribution in [3.05, 3.63) is 63.3 Å².